The van der Waals surface area contributed by atoms with Gasteiger partial charge in [0.15, 0.2) is 5.65 Å². The standard InChI is InChI=1S/C18H20N6O/c19-7-11-24-17-16(20-8-9-21-17)15(22-24)14-6-10-23(12-14)18(25)13-4-2-1-3-5-13/h1-5,8-9,14H,6-7,10-12,19H2/t14-/m0/s1. The van der Waals surface area contributed by atoms with Crippen molar-refractivity contribution < 1.29 is 4.79 Å². The number of aromatic nitrogens is 4. The van der Waals surface area contributed by atoms with Gasteiger partial charge in [0.25, 0.3) is 5.91 Å². The van der Waals surface area contributed by atoms with Crippen molar-refractivity contribution in [3.05, 3.63) is 54.0 Å². The Kier molecular flexibility index (Phi) is 4.15. The molecule has 25 heavy (non-hydrogen) atoms. The Labute approximate surface area is 145 Å². The van der Waals surface area contributed by atoms with Crippen molar-refractivity contribution in [2.24, 2.45) is 5.73 Å². The zero-order valence-corrected chi connectivity index (χ0v) is 13.9. The summed E-state index contributed by atoms with van der Waals surface area (Å²) >= 11 is 0. The van der Waals surface area contributed by atoms with Crippen LogP contribution in [-0.4, -0.2) is 50.2 Å². The van der Waals surface area contributed by atoms with Crippen LogP contribution in [0.1, 0.15) is 28.4 Å². The van der Waals surface area contributed by atoms with Crippen LogP contribution in [-0.2, 0) is 6.54 Å². The predicted octanol–water partition coefficient (Wildman–Crippen LogP) is 1.41. The molecule has 7 nitrogen and oxygen atoms in total. The van der Waals surface area contributed by atoms with Crippen LogP contribution < -0.4 is 5.73 Å². The largest absolute Gasteiger partial charge is 0.338 e. The summed E-state index contributed by atoms with van der Waals surface area (Å²) in [6, 6.07) is 9.40. The SMILES string of the molecule is NCCn1nc([C@H]2CCN(C(=O)c3ccccc3)C2)c2nccnc21. The number of likely N-dealkylation sites (tertiary alicyclic amines) is 1. The maximum Gasteiger partial charge on any atom is 0.253 e. The summed E-state index contributed by atoms with van der Waals surface area (Å²) in [6.07, 6.45) is 4.23. The second-order valence-electron chi connectivity index (χ2n) is 6.23. The normalized spacial score (nSPS) is 17.3. The molecule has 0 bridgehead atoms. The number of fused-ring (bicyclic) bond motifs is 1. The topological polar surface area (TPSA) is 89.9 Å². The maximum absolute atomic E-state index is 12.7. The molecule has 1 saturated heterocycles. The minimum atomic E-state index is 0.0693. The molecule has 1 amide bonds. The molecule has 0 saturated carbocycles. The lowest BCUT2D eigenvalue weighted by atomic mass is 10.0. The number of carbonyl (C=O) groups excluding carboxylic acids is 1. The monoisotopic (exact) mass is 336 g/mol. The average Bonchev–Trinajstić information content (AvgIpc) is 3.28. The van der Waals surface area contributed by atoms with Gasteiger partial charge < -0.3 is 10.6 Å². The van der Waals surface area contributed by atoms with Crippen molar-refractivity contribution >= 4 is 17.1 Å². The van der Waals surface area contributed by atoms with Gasteiger partial charge in [-0.3, -0.25) is 4.79 Å². The fourth-order valence-electron chi connectivity index (χ4n) is 3.41. The van der Waals surface area contributed by atoms with Crippen molar-refractivity contribution in [3.63, 3.8) is 0 Å². The van der Waals surface area contributed by atoms with E-state index < -0.39 is 0 Å². The summed E-state index contributed by atoms with van der Waals surface area (Å²) < 4.78 is 1.82. The lowest BCUT2D eigenvalue weighted by Crippen LogP contribution is -2.28. The van der Waals surface area contributed by atoms with E-state index in [0.717, 1.165) is 35.4 Å². The van der Waals surface area contributed by atoms with Crippen LogP contribution in [0.3, 0.4) is 0 Å². The number of rotatable bonds is 4. The molecule has 128 valence electrons. The summed E-state index contributed by atoms with van der Waals surface area (Å²) in [5.41, 5.74) is 8.89. The fraction of sp³-hybridized carbons (Fsp3) is 0.333. The number of hydrogen-bond acceptors (Lipinski definition) is 5. The predicted molar refractivity (Wildman–Crippen MR) is 94.1 cm³/mol. The van der Waals surface area contributed by atoms with Gasteiger partial charge in [0.1, 0.15) is 5.52 Å². The Morgan fingerprint density at radius 1 is 1.20 bits per heavy atom. The van der Waals surface area contributed by atoms with Gasteiger partial charge in [-0.2, -0.15) is 5.10 Å². The third-order valence-corrected chi connectivity index (χ3v) is 4.62. The lowest BCUT2D eigenvalue weighted by molar-refractivity contribution is 0.0790. The highest BCUT2D eigenvalue weighted by Crippen LogP contribution is 2.31. The summed E-state index contributed by atoms with van der Waals surface area (Å²) in [7, 11) is 0. The molecule has 3 heterocycles. The Balaban J connectivity index is 1.60. The number of benzene rings is 1. The van der Waals surface area contributed by atoms with E-state index in [9.17, 15) is 4.79 Å². The highest BCUT2D eigenvalue weighted by Gasteiger charge is 2.31. The van der Waals surface area contributed by atoms with Gasteiger partial charge in [-0.05, 0) is 18.6 Å². The van der Waals surface area contributed by atoms with Gasteiger partial charge in [0, 0.05) is 43.5 Å². The summed E-state index contributed by atoms with van der Waals surface area (Å²) in [5, 5.41) is 4.70. The van der Waals surface area contributed by atoms with Crippen molar-refractivity contribution in [1.29, 1.82) is 0 Å². The van der Waals surface area contributed by atoms with E-state index in [1.165, 1.54) is 0 Å². The lowest BCUT2D eigenvalue weighted by Gasteiger charge is -2.16. The van der Waals surface area contributed by atoms with E-state index in [4.69, 9.17) is 10.8 Å². The molecule has 0 spiro atoms. The summed E-state index contributed by atoms with van der Waals surface area (Å²) in [6.45, 7) is 2.48. The van der Waals surface area contributed by atoms with Crippen LogP contribution >= 0.6 is 0 Å². The van der Waals surface area contributed by atoms with Crippen LogP contribution in [0.25, 0.3) is 11.2 Å². The van der Waals surface area contributed by atoms with Gasteiger partial charge in [0.2, 0.25) is 0 Å². The van der Waals surface area contributed by atoms with Gasteiger partial charge in [0.05, 0.1) is 12.2 Å². The maximum atomic E-state index is 12.7. The van der Waals surface area contributed by atoms with E-state index in [-0.39, 0.29) is 11.8 Å². The molecule has 2 N–H and O–H groups in total. The van der Waals surface area contributed by atoms with Crippen LogP contribution in [0.4, 0.5) is 0 Å². The van der Waals surface area contributed by atoms with E-state index in [1.54, 1.807) is 12.4 Å². The number of hydrogen-bond donors (Lipinski definition) is 1. The quantitative estimate of drug-likeness (QED) is 0.778. The number of nitrogens with zero attached hydrogens (tertiary/aromatic N) is 5. The zero-order chi connectivity index (χ0) is 17.2. The van der Waals surface area contributed by atoms with Gasteiger partial charge in [-0.1, -0.05) is 18.2 Å². The molecule has 3 aromatic rings. The van der Waals surface area contributed by atoms with E-state index in [1.807, 2.05) is 39.9 Å². The Morgan fingerprint density at radius 3 is 2.80 bits per heavy atom. The molecule has 7 heteroatoms. The first-order valence-electron chi connectivity index (χ1n) is 8.49. The van der Waals surface area contributed by atoms with E-state index in [0.29, 0.717) is 19.6 Å². The molecule has 2 aromatic heterocycles. The first-order chi connectivity index (χ1) is 12.3. The van der Waals surface area contributed by atoms with Crippen LogP contribution in [0, 0.1) is 0 Å². The number of carbonyl (C=O) groups is 1. The Morgan fingerprint density at radius 2 is 2.00 bits per heavy atom. The Bertz CT molecular complexity index is 891. The molecule has 0 unspecified atom stereocenters. The first-order valence-corrected chi connectivity index (χ1v) is 8.49. The van der Waals surface area contributed by atoms with Crippen molar-refractivity contribution in [2.45, 2.75) is 18.9 Å². The number of amides is 1. The van der Waals surface area contributed by atoms with Crippen molar-refractivity contribution in [1.82, 2.24) is 24.6 Å². The van der Waals surface area contributed by atoms with Crippen LogP contribution in [0.2, 0.25) is 0 Å². The molecule has 0 radical (unpaired) electrons. The summed E-state index contributed by atoms with van der Waals surface area (Å²) in [5.74, 6) is 0.241. The van der Waals surface area contributed by atoms with Crippen molar-refractivity contribution in [3.8, 4) is 0 Å². The molecule has 4 rings (SSSR count). The molecule has 1 fully saturated rings. The molecular formula is C18H20N6O. The first kappa shape index (κ1) is 15.7. The molecule has 1 aromatic carbocycles. The highest BCUT2D eigenvalue weighted by molar-refractivity contribution is 5.94. The van der Waals surface area contributed by atoms with Crippen molar-refractivity contribution in [2.75, 3.05) is 19.6 Å². The van der Waals surface area contributed by atoms with E-state index >= 15 is 0 Å². The minimum Gasteiger partial charge on any atom is -0.338 e. The second-order valence-corrected chi connectivity index (χ2v) is 6.23. The summed E-state index contributed by atoms with van der Waals surface area (Å²) in [4.78, 5) is 23.4. The molecular weight excluding hydrogens is 316 g/mol. The van der Waals surface area contributed by atoms with Gasteiger partial charge >= 0.3 is 0 Å². The Hall–Kier alpha value is -2.80. The average molecular weight is 336 g/mol. The van der Waals surface area contributed by atoms with Gasteiger partial charge in [-0.25, -0.2) is 14.6 Å². The minimum absolute atomic E-state index is 0.0693. The van der Waals surface area contributed by atoms with Crippen LogP contribution in [0.5, 0.6) is 0 Å². The van der Waals surface area contributed by atoms with Gasteiger partial charge in [-0.15, -0.1) is 0 Å². The highest BCUT2D eigenvalue weighted by atomic mass is 16.2. The zero-order valence-electron chi connectivity index (χ0n) is 13.9. The second kappa shape index (κ2) is 6.60. The molecule has 0 aliphatic carbocycles. The molecule has 1 atom stereocenters. The molecule has 1 aliphatic rings. The number of nitrogens with two attached hydrogens (primary N) is 1. The smallest absolute Gasteiger partial charge is 0.253 e. The van der Waals surface area contributed by atoms with Crippen LogP contribution in [0.15, 0.2) is 42.7 Å². The third-order valence-electron chi connectivity index (χ3n) is 4.62. The third kappa shape index (κ3) is 2.87. The van der Waals surface area contributed by atoms with E-state index in [2.05, 4.69) is 9.97 Å². The fourth-order valence-corrected chi connectivity index (χ4v) is 3.41. The molecule has 1 aliphatic heterocycles.